The number of benzene rings is 1. The van der Waals surface area contributed by atoms with E-state index >= 15 is 0 Å². The van der Waals surface area contributed by atoms with Gasteiger partial charge in [0.2, 0.25) is 5.60 Å². The fraction of sp³-hybridized carbons (Fsp3) is 0.400. The van der Waals surface area contributed by atoms with Gasteiger partial charge in [0.15, 0.2) is 5.76 Å². The van der Waals surface area contributed by atoms with E-state index in [0.29, 0.717) is 25.5 Å². The Kier molecular flexibility index (Phi) is 4.45. The second-order valence-corrected chi connectivity index (χ2v) is 7.46. The van der Waals surface area contributed by atoms with Crippen molar-refractivity contribution in [2.24, 2.45) is 0 Å². The fourth-order valence-corrected chi connectivity index (χ4v) is 3.68. The molecule has 2 heterocycles. The first-order valence-corrected chi connectivity index (χ1v) is 9.10. The molecular weight excluding hydrogens is 387 g/mol. The van der Waals surface area contributed by atoms with Gasteiger partial charge in [-0.1, -0.05) is 24.2 Å². The molecule has 2 atom stereocenters. The molecule has 0 radical (unpaired) electrons. The summed E-state index contributed by atoms with van der Waals surface area (Å²) >= 11 is 0. The van der Waals surface area contributed by atoms with Crippen LogP contribution < -0.4 is 4.74 Å². The van der Waals surface area contributed by atoms with Crippen LogP contribution in [0.15, 0.2) is 35.0 Å². The molecule has 0 saturated heterocycles. The van der Waals surface area contributed by atoms with Crippen molar-refractivity contribution in [1.82, 2.24) is 14.9 Å². The van der Waals surface area contributed by atoms with E-state index < -0.39 is 17.5 Å². The molecule has 6 nitrogen and oxygen atoms in total. The maximum atomic E-state index is 13.3. The lowest BCUT2D eigenvalue weighted by Gasteiger charge is -2.27. The standard InChI is InChI=1S/C20H20F3N3O3/c1-11-8-15-14(9-24-26(15)10-12-4-6-13(28-3)7-5-12)17-16(11)18(25-29-17)19(2,27)20(21,22)23/h4-7,9,11,27H,8,10H2,1-3H3/t11-,19+/m0/s1. The van der Waals surface area contributed by atoms with Gasteiger partial charge in [-0.15, -0.1) is 0 Å². The number of fused-ring (bicyclic) bond motifs is 3. The third-order valence-electron chi connectivity index (χ3n) is 5.42. The predicted molar refractivity (Wildman–Crippen MR) is 97.6 cm³/mol. The summed E-state index contributed by atoms with van der Waals surface area (Å²) in [4.78, 5) is 0. The molecule has 3 aromatic rings. The summed E-state index contributed by atoms with van der Waals surface area (Å²) in [6, 6.07) is 7.57. The van der Waals surface area contributed by atoms with Crippen LogP contribution in [0.2, 0.25) is 0 Å². The van der Waals surface area contributed by atoms with E-state index in [9.17, 15) is 18.3 Å². The highest BCUT2D eigenvalue weighted by Gasteiger charge is 2.55. The molecular formula is C20H20F3N3O3. The largest absolute Gasteiger partial charge is 0.497 e. The topological polar surface area (TPSA) is 73.3 Å². The number of hydrogen-bond acceptors (Lipinski definition) is 5. The Bertz CT molecular complexity index is 1040. The van der Waals surface area contributed by atoms with Crippen LogP contribution in [-0.2, 0) is 18.6 Å². The van der Waals surface area contributed by atoms with Crippen molar-refractivity contribution in [2.45, 2.75) is 44.5 Å². The average molecular weight is 407 g/mol. The van der Waals surface area contributed by atoms with Gasteiger partial charge in [0.25, 0.3) is 0 Å². The summed E-state index contributed by atoms with van der Waals surface area (Å²) in [5.74, 6) is 0.665. The van der Waals surface area contributed by atoms with Crippen LogP contribution >= 0.6 is 0 Å². The van der Waals surface area contributed by atoms with Crippen LogP contribution in [-0.4, -0.2) is 33.3 Å². The second-order valence-electron chi connectivity index (χ2n) is 7.46. The Morgan fingerprint density at radius 2 is 1.97 bits per heavy atom. The summed E-state index contributed by atoms with van der Waals surface area (Å²) < 4.78 is 52.2. The van der Waals surface area contributed by atoms with Crippen molar-refractivity contribution < 1.29 is 27.5 Å². The molecule has 0 unspecified atom stereocenters. The molecule has 4 rings (SSSR count). The first-order valence-electron chi connectivity index (χ1n) is 9.10. The van der Waals surface area contributed by atoms with Crippen molar-refractivity contribution in [3.8, 4) is 17.1 Å². The van der Waals surface area contributed by atoms with Crippen LogP contribution in [0.1, 0.15) is 42.3 Å². The van der Waals surface area contributed by atoms with E-state index in [1.807, 2.05) is 24.3 Å². The lowest BCUT2D eigenvalue weighted by Crippen LogP contribution is -2.40. The molecule has 1 aliphatic rings. The number of methoxy groups -OCH3 is 1. The highest BCUT2D eigenvalue weighted by atomic mass is 19.4. The maximum Gasteiger partial charge on any atom is 0.422 e. The van der Waals surface area contributed by atoms with Gasteiger partial charge in [0.1, 0.15) is 11.4 Å². The van der Waals surface area contributed by atoms with Gasteiger partial charge in [-0.3, -0.25) is 4.68 Å². The third kappa shape index (κ3) is 3.09. The smallest absolute Gasteiger partial charge is 0.422 e. The first-order chi connectivity index (χ1) is 13.6. The first kappa shape index (κ1) is 19.5. The molecule has 2 aromatic heterocycles. The van der Waals surface area contributed by atoms with Crippen LogP contribution in [0.4, 0.5) is 13.2 Å². The zero-order valence-corrected chi connectivity index (χ0v) is 16.1. The molecule has 154 valence electrons. The average Bonchev–Trinajstić information content (AvgIpc) is 3.27. The SMILES string of the molecule is COc1ccc(Cn2ncc3c2C[C@H](C)c2c([C@@](C)(O)C(F)(F)F)noc2-3)cc1. The Morgan fingerprint density at radius 3 is 2.59 bits per heavy atom. The number of nitrogens with zero attached hydrogens (tertiary/aromatic N) is 3. The lowest BCUT2D eigenvalue weighted by atomic mass is 9.82. The molecule has 1 aliphatic carbocycles. The lowest BCUT2D eigenvalue weighted by molar-refractivity contribution is -0.261. The molecule has 29 heavy (non-hydrogen) atoms. The minimum absolute atomic E-state index is 0.235. The molecule has 1 aromatic carbocycles. The molecule has 0 amide bonds. The summed E-state index contributed by atoms with van der Waals surface area (Å²) in [5, 5.41) is 18.1. The normalized spacial score (nSPS) is 18.1. The Hall–Kier alpha value is -2.81. The Balaban J connectivity index is 1.72. The maximum absolute atomic E-state index is 13.3. The van der Waals surface area contributed by atoms with Crippen molar-refractivity contribution >= 4 is 0 Å². The monoisotopic (exact) mass is 407 g/mol. The molecule has 0 aliphatic heterocycles. The van der Waals surface area contributed by atoms with Crippen molar-refractivity contribution in [2.75, 3.05) is 7.11 Å². The van der Waals surface area contributed by atoms with Crippen molar-refractivity contribution in [3.63, 3.8) is 0 Å². The summed E-state index contributed by atoms with van der Waals surface area (Å²) in [5.41, 5.74) is -0.827. The van der Waals surface area contributed by atoms with Crippen molar-refractivity contribution in [3.05, 3.63) is 53.0 Å². The highest BCUT2D eigenvalue weighted by Crippen LogP contribution is 2.47. The number of ether oxygens (including phenoxy) is 1. The Labute approximate surface area is 164 Å². The summed E-state index contributed by atoms with van der Waals surface area (Å²) in [6.45, 7) is 2.99. The van der Waals surface area contributed by atoms with Gasteiger partial charge in [-0.25, -0.2) is 0 Å². The van der Waals surface area contributed by atoms with E-state index in [0.717, 1.165) is 17.0 Å². The molecule has 1 N–H and O–H groups in total. The highest BCUT2D eigenvalue weighted by molar-refractivity contribution is 5.68. The van der Waals surface area contributed by atoms with Crippen molar-refractivity contribution in [1.29, 1.82) is 0 Å². The van der Waals surface area contributed by atoms with Gasteiger partial charge in [0, 0.05) is 5.56 Å². The zero-order valence-electron chi connectivity index (χ0n) is 16.1. The van der Waals surface area contributed by atoms with Gasteiger partial charge >= 0.3 is 6.18 Å². The number of halogens is 3. The number of rotatable bonds is 4. The van der Waals surface area contributed by atoms with E-state index in [2.05, 4.69) is 10.3 Å². The minimum atomic E-state index is -4.86. The van der Waals surface area contributed by atoms with E-state index in [4.69, 9.17) is 9.26 Å². The molecule has 0 spiro atoms. The molecule has 0 bridgehead atoms. The van der Waals surface area contributed by atoms with Crippen LogP contribution in [0, 0.1) is 0 Å². The van der Waals surface area contributed by atoms with Crippen LogP contribution in [0.5, 0.6) is 5.75 Å². The number of aromatic nitrogens is 3. The molecule has 0 saturated carbocycles. The minimum Gasteiger partial charge on any atom is -0.497 e. The van der Waals surface area contributed by atoms with Gasteiger partial charge in [-0.2, -0.15) is 18.3 Å². The summed E-state index contributed by atoms with van der Waals surface area (Å²) in [7, 11) is 1.60. The van der Waals surface area contributed by atoms with Gasteiger partial charge < -0.3 is 14.4 Å². The van der Waals surface area contributed by atoms with E-state index in [-0.39, 0.29) is 17.2 Å². The van der Waals surface area contributed by atoms with Crippen LogP contribution in [0.25, 0.3) is 11.3 Å². The number of hydrogen-bond donors (Lipinski definition) is 1. The molecule has 0 fully saturated rings. The fourth-order valence-electron chi connectivity index (χ4n) is 3.68. The van der Waals surface area contributed by atoms with Gasteiger partial charge in [0.05, 0.1) is 31.1 Å². The Morgan fingerprint density at radius 1 is 1.28 bits per heavy atom. The second kappa shape index (κ2) is 6.62. The number of alkyl halides is 3. The number of aliphatic hydroxyl groups is 1. The third-order valence-corrected chi connectivity index (χ3v) is 5.42. The molecule has 9 heteroatoms. The quantitative estimate of drug-likeness (QED) is 0.707. The predicted octanol–water partition coefficient (Wildman–Crippen LogP) is 4.02. The van der Waals surface area contributed by atoms with Crippen LogP contribution in [0.3, 0.4) is 0 Å². The summed E-state index contributed by atoms with van der Waals surface area (Å²) in [6.07, 6.45) is -2.84. The zero-order chi connectivity index (χ0) is 21.0. The van der Waals surface area contributed by atoms with Gasteiger partial charge in [-0.05, 0) is 37.0 Å². The van der Waals surface area contributed by atoms with E-state index in [1.165, 1.54) is 0 Å². The van der Waals surface area contributed by atoms with E-state index in [1.54, 1.807) is 24.9 Å².